The van der Waals surface area contributed by atoms with E-state index >= 15 is 0 Å². The van der Waals surface area contributed by atoms with Gasteiger partial charge in [-0.1, -0.05) is 44.2 Å². The van der Waals surface area contributed by atoms with Crippen molar-refractivity contribution in [1.82, 2.24) is 0 Å². The van der Waals surface area contributed by atoms with E-state index in [0.29, 0.717) is 22.9 Å². The predicted octanol–water partition coefficient (Wildman–Crippen LogP) is 3.61. The Bertz CT molecular complexity index is 813. The maximum Gasteiger partial charge on any atom is 0.205 e. The maximum absolute atomic E-state index is 9.52. The van der Waals surface area contributed by atoms with E-state index in [9.17, 15) is 5.26 Å². The molecule has 0 amide bonds. The first kappa shape index (κ1) is 15.0. The van der Waals surface area contributed by atoms with Crippen molar-refractivity contribution >= 4 is 5.69 Å². The van der Waals surface area contributed by atoms with Crippen molar-refractivity contribution in [2.45, 2.75) is 25.7 Å². The van der Waals surface area contributed by atoms with E-state index < -0.39 is 0 Å². The van der Waals surface area contributed by atoms with E-state index in [4.69, 9.17) is 16.2 Å². The molecule has 0 saturated carbocycles. The van der Waals surface area contributed by atoms with Crippen LogP contribution < -0.4 is 16.2 Å². The fourth-order valence-electron chi connectivity index (χ4n) is 2.89. The number of rotatable bonds is 2. The lowest BCUT2D eigenvalue weighted by Crippen LogP contribution is -2.21. The molecule has 1 aliphatic heterocycles. The first-order valence-corrected chi connectivity index (χ1v) is 7.58. The first-order valence-electron chi connectivity index (χ1n) is 7.58. The van der Waals surface area contributed by atoms with Crippen molar-refractivity contribution in [1.29, 1.82) is 5.26 Å². The number of fused-ring (bicyclic) bond motifs is 1. The van der Waals surface area contributed by atoms with Crippen molar-refractivity contribution in [3.05, 3.63) is 70.6 Å². The number of hydrogen-bond acceptors (Lipinski definition) is 4. The number of anilines is 1. The SMILES string of the molecule is CC(C)c1ccc([C@H]2C(C#N)=C(N)Oc3cc(N)ccc32)cc1. The molecule has 3 rings (SSSR count). The second-order valence-corrected chi connectivity index (χ2v) is 6.04. The molecule has 23 heavy (non-hydrogen) atoms. The van der Waals surface area contributed by atoms with Crippen LogP contribution in [0.3, 0.4) is 0 Å². The second-order valence-electron chi connectivity index (χ2n) is 6.04. The zero-order valence-electron chi connectivity index (χ0n) is 13.2. The quantitative estimate of drug-likeness (QED) is 0.830. The number of nitrogens with two attached hydrogens (primary N) is 2. The summed E-state index contributed by atoms with van der Waals surface area (Å²) >= 11 is 0. The number of nitrogen functional groups attached to an aromatic ring is 1. The molecule has 0 aliphatic carbocycles. The largest absolute Gasteiger partial charge is 0.440 e. The molecule has 0 saturated heterocycles. The molecule has 0 aromatic heterocycles. The van der Waals surface area contributed by atoms with E-state index in [0.717, 1.165) is 11.1 Å². The van der Waals surface area contributed by atoms with Crippen LogP contribution in [-0.2, 0) is 0 Å². The summed E-state index contributed by atoms with van der Waals surface area (Å²) in [6.07, 6.45) is 0. The second kappa shape index (κ2) is 5.69. The number of benzene rings is 2. The monoisotopic (exact) mass is 305 g/mol. The molecule has 4 heteroatoms. The summed E-state index contributed by atoms with van der Waals surface area (Å²) in [5.74, 6) is 0.982. The summed E-state index contributed by atoms with van der Waals surface area (Å²) < 4.78 is 5.58. The van der Waals surface area contributed by atoms with Gasteiger partial charge in [0.1, 0.15) is 17.4 Å². The minimum absolute atomic E-state index is 0.142. The van der Waals surface area contributed by atoms with Crippen LogP contribution in [0.5, 0.6) is 5.75 Å². The zero-order chi connectivity index (χ0) is 16.6. The molecule has 116 valence electrons. The van der Waals surface area contributed by atoms with E-state index in [-0.39, 0.29) is 11.8 Å². The van der Waals surface area contributed by atoms with Crippen LogP contribution in [0.1, 0.15) is 42.4 Å². The number of nitriles is 1. The molecular formula is C19H19N3O. The van der Waals surface area contributed by atoms with Gasteiger partial charge in [0, 0.05) is 17.3 Å². The van der Waals surface area contributed by atoms with Crippen LogP contribution in [-0.4, -0.2) is 0 Å². The fourth-order valence-corrected chi connectivity index (χ4v) is 2.89. The van der Waals surface area contributed by atoms with Crippen LogP contribution in [0.2, 0.25) is 0 Å². The van der Waals surface area contributed by atoms with Crippen molar-refractivity contribution in [3.8, 4) is 11.8 Å². The number of hydrogen-bond donors (Lipinski definition) is 2. The van der Waals surface area contributed by atoms with Crippen LogP contribution >= 0.6 is 0 Å². The molecule has 0 unspecified atom stereocenters. The van der Waals surface area contributed by atoms with E-state index in [2.05, 4.69) is 44.2 Å². The lowest BCUT2D eigenvalue weighted by Gasteiger charge is -2.26. The normalized spacial score (nSPS) is 16.7. The molecule has 2 aromatic rings. The first-order chi connectivity index (χ1) is 11.0. The number of allylic oxidation sites excluding steroid dienone is 1. The van der Waals surface area contributed by atoms with Gasteiger partial charge in [-0.25, -0.2) is 0 Å². The minimum atomic E-state index is -0.231. The smallest absolute Gasteiger partial charge is 0.205 e. The van der Waals surface area contributed by atoms with Crippen LogP contribution in [0.15, 0.2) is 53.9 Å². The Morgan fingerprint density at radius 3 is 2.39 bits per heavy atom. The number of ether oxygens (including phenoxy) is 1. The van der Waals surface area contributed by atoms with Crippen molar-refractivity contribution in [2.75, 3.05) is 5.73 Å². The Balaban J connectivity index is 2.14. The lowest BCUT2D eigenvalue weighted by molar-refractivity contribution is 0.394. The third-order valence-corrected chi connectivity index (χ3v) is 4.18. The summed E-state index contributed by atoms with van der Waals surface area (Å²) in [5, 5.41) is 9.52. The van der Waals surface area contributed by atoms with Gasteiger partial charge in [0.2, 0.25) is 5.88 Å². The zero-order valence-corrected chi connectivity index (χ0v) is 13.2. The van der Waals surface area contributed by atoms with Gasteiger partial charge in [0.05, 0.1) is 5.92 Å². The van der Waals surface area contributed by atoms with Gasteiger partial charge < -0.3 is 16.2 Å². The number of nitrogens with zero attached hydrogens (tertiary/aromatic N) is 1. The third kappa shape index (κ3) is 2.62. The fraction of sp³-hybridized carbons (Fsp3) is 0.211. The highest BCUT2D eigenvalue weighted by atomic mass is 16.5. The standard InChI is InChI=1S/C19H19N3O/c1-11(2)12-3-5-13(6-4-12)18-15-8-7-14(21)9-17(15)23-19(22)16(18)10-20/h3-9,11,18H,21-22H2,1-2H3/t18-/m1/s1. The Kier molecular flexibility index (Phi) is 3.71. The van der Waals surface area contributed by atoms with E-state index in [1.54, 1.807) is 6.07 Å². The van der Waals surface area contributed by atoms with Crippen LogP contribution in [0, 0.1) is 11.3 Å². The molecule has 0 fully saturated rings. The summed E-state index contributed by atoms with van der Waals surface area (Å²) in [4.78, 5) is 0. The van der Waals surface area contributed by atoms with Gasteiger partial charge >= 0.3 is 0 Å². The molecule has 2 aromatic carbocycles. The Morgan fingerprint density at radius 2 is 1.78 bits per heavy atom. The summed E-state index contributed by atoms with van der Waals surface area (Å²) in [6, 6.07) is 15.9. The Morgan fingerprint density at radius 1 is 1.09 bits per heavy atom. The highest BCUT2D eigenvalue weighted by molar-refractivity contribution is 5.59. The molecule has 0 spiro atoms. The summed E-state index contributed by atoms with van der Waals surface area (Å²) in [5.41, 5.74) is 16.0. The topological polar surface area (TPSA) is 85.1 Å². The van der Waals surface area contributed by atoms with Crippen molar-refractivity contribution in [2.24, 2.45) is 5.73 Å². The van der Waals surface area contributed by atoms with Crippen LogP contribution in [0.4, 0.5) is 5.69 Å². The van der Waals surface area contributed by atoms with E-state index in [1.807, 2.05) is 12.1 Å². The molecule has 1 aliphatic rings. The average molecular weight is 305 g/mol. The Labute approximate surface area is 136 Å². The maximum atomic E-state index is 9.52. The van der Waals surface area contributed by atoms with Crippen molar-refractivity contribution < 1.29 is 4.74 Å². The van der Waals surface area contributed by atoms with Gasteiger partial charge in [-0.2, -0.15) is 5.26 Å². The van der Waals surface area contributed by atoms with Crippen molar-refractivity contribution in [3.63, 3.8) is 0 Å². The molecule has 0 bridgehead atoms. The third-order valence-electron chi connectivity index (χ3n) is 4.18. The van der Waals surface area contributed by atoms with Gasteiger partial charge in [-0.3, -0.25) is 0 Å². The highest BCUT2D eigenvalue weighted by Crippen LogP contribution is 2.42. The van der Waals surface area contributed by atoms with Gasteiger partial charge in [-0.05, 0) is 23.1 Å². The summed E-state index contributed by atoms with van der Waals surface area (Å²) in [7, 11) is 0. The van der Waals surface area contributed by atoms with E-state index in [1.165, 1.54) is 5.56 Å². The minimum Gasteiger partial charge on any atom is -0.440 e. The van der Waals surface area contributed by atoms with Gasteiger partial charge in [0.25, 0.3) is 0 Å². The Hall–Kier alpha value is -2.93. The van der Waals surface area contributed by atoms with Crippen LogP contribution in [0.25, 0.3) is 0 Å². The lowest BCUT2D eigenvalue weighted by atomic mass is 9.83. The molecule has 1 heterocycles. The molecule has 1 atom stereocenters. The summed E-state index contributed by atoms with van der Waals surface area (Å²) in [6.45, 7) is 4.31. The molecule has 0 radical (unpaired) electrons. The van der Waals surface area contributed by atoms with Gasteiger partial charge in [0.15, 0.2) is 0 Å². The molecule has 4 N–H and O–H groups in total. The predicted molar refractivity (Wildman–Crippen MR) is 90.7 cm³/mol. The average Bonchev–Trinajstić information content (AvgIpc) is 2.53. The van der Waals surface area contributed by atoms with Gasteiger partial charge in [-0.15, -0.1) is 0 Å². The highest BCUT2D eigenvalue weighted by Gasteiger charge is 2.30. The molecular weight excluding hydrogens is 286 g/mol. The molecule has 4 nitrogen and oxygen atoms in total.